The molecule has 72 valence electrons. The van der Waals surface area contributed by atoms with Crippen molar-refractivity contribution >= 4 is 11.3 Å². The van der Waals surface area contributed by atoms with Crippen LogP contribution in [0, 0.1) is 0 Å². The van der Waals surface area contributed by atoms with Gasteiger partial charge in [0.25, 0.3) is 0 Å². The SMILES string of the molecule is CCC1NCCC1(C)c1cccs1. The highest BCUT2D eigenvalue weighted by Crippen LogP contribution is 2.38. The van der Waals surface area contributed by atoms with Gasteiger partial charge in [0.2, 0.25) is 0 Å². The molecule has 1 aliphatic heterocycles. The Kier molecular flexibility index (Phi) is 2.43. The van der Waals surface area contributed by atoms with Crippen molar-refractivity contribution in [2.24, 2.45) is 0 Å². The Balaban J connectivity index is 2.29. The smallest absolute Gasteiger partial charge is 0.0184 e. The van der Waals surface area contributed by atoms with Gasteiger partial charge in [0.15, 0.2) is 0 Å². The summed E-state index contributed by atoms with van der Waals surface area (Å²) in [6, 6.07) is 5.11. The molecular formula is C11H17NS. The molecule has 0 saturated carbocycles. The number of hydrogen-bond donors (Lipinski definition) is 1. The second kappa shape index (κ2) is 3.43. The fourth-order valence-electron chi connectivity index (χ4n) is 2.40. The molecule has 1 aromatic heterocycles. The third kappa shape index (κ3) is 1.42. The predicted octanol–water partition coefficient (Wildman–Crippen LogP) is 2.78. The van der Waals surface area contributed by atoms with Crippen LogP contribution in [-0.2, 0) is 5.41 Å². The minimum atomic E-state index is 0.392. The maximum atomic E-state index is 3.59. The molecule has 2 atom stereocenters. The average molecular weight is 195 g/mol. The summed E-state index contributed by atoms with van der Waals surface area (Å²) in [7, 11) is 0. The summed E-state index contributed by atoms with van der Waals surface area (Å²) in [5.41, 5.74) is 0.392. The molecule has 1 aliphatic rings. The van der Waals surface area contributed by atoms with E-state index in [1.165, 1.54) is 19.4 Å². The quantitative estimate of drug-likeness (QED) is 0.765. The van der Waals surface area contributed by atoms with Gasteiger partial charge in [-0.1, -0.05) is 19.9 Å². The summed E-state index contributed by atoms with van der Waals surface area (Å²) in [5.74, 6) is 0. The lowest BCUT2D eigenvalue weighted by molar-refractivity contribution is 0.399. The molecule has 0 amide bonds. The lowest BCUT2D eigenvalue weighted by atomic mass is 9.80. The second-order valence-electron chi connectivity index (χ2n) is 4.06. The van der Waals surface area contributed by atoms with Gasteiger partial charge in [-0.05, 0) is 30.8 Å². The molecule has 1 saturated heterocycles. The van der Waals surface area contributed by atoms with Gasteiger partial charge in [0.1, 0.15) is 0 Å². The molecule has 2 rings (SSSR count). The van der Waals surface area contributed by atoms with Crippen molar-refractivity contribution in [2.75, 3.05) is 6.54 Å². The first kappa shape index (κ1) is 9.22. The fraction of sp³-hybridized carbons (Fsp3) is 0.636. The number of rotatable bonds is 2. The van der Waals surface area contributed by atoms with Crippen molar-refractivity contribution in [3.05, 3.63) is 22.4 Å². The van der Waals surface area contributed by atoms with E-state index in [-0.39, 0.29) is 0 Å². The van der Waals surface area contributed by atoms with Crippen LogP contribution in [0.2, 0.25) is 0 Å². The topological polar surface area (TPSA) is 12.0 Å². The van der Waals surface area contributed by atoms with Gasteiger partial charge in [0.05, 0.1) is 0 Å². The van der Waals surface area contributed by atoms with E-state index in [9.17, 15) is 0 Å². The molecular weight excluding hydrogens is 178 g/mol. The molecule has 0 aliphatic carbocycles. The molecule has 13 heavy (non-hydrogen) atoms. The molecule has 1 nitrogen and oxygen atoms in total. The summed E-state index contributed by atoms with van der Waals surface area (Å²) < 4.78 is 0. The van der Waals surface area contributed by atoms with Crippen molar-refractivity contribution in [1.82, 2.24) is 5.32 Å². The van der Waals surface area contributed by atoms with Crippen LogP contribution in [0.5, 0.6) is 0 Å². The highest BCUT2D eigenvalue weighted by molar-refractivity contribution is 7.10. The first-order chi connectivity index (χ1) is 6.27. The highest BCUT2D eigenvalue weighted by Gasteiger charge is 2.39. The Hall–Kier alpha value is -0.340. The summed E-state index contributed by atoms with van der Waals surface area (Å²) in [5, 5.41) is 5.78. The van der Waals surface area contributed by atoms with E-state index in [2.05, 4.69) is 36.7 Å². The Morgan fingerprint density at radius 3 is 3.15 bits per heavy atom. The van der Waals surface area contributed by atoms with Crippen LogP contribution in [0.4, 0.5) is 0 Å². The maximum Gasteiger partial charge on any atom is 0.0184 e. The molecule has 0 radical (unpaired) electrons. The molecule has 2 heterocycles. The zero-order valence-corrected chi connectivity index (χ0v) is 9.16. The highest BCUT2D eigenvalue weighted by atomic mass is 32.1. The van der Waals surface area contributed by atoms with E-state index in [1.54, 1.807) is 4.88 Å². The standard InChI is InChI=1S/C11H17NS/c1-3-9-11(2,6-7-12-9)10-5-4-8-13-10/h4-5,8-9,12H,3,6-7H2,1-2H3. The minimum absolute atomic E-state index is 0.392. The molecule has 1 fully saturated rings. The molecule has 2 heteroatoms. The Morgan fingerprint density at radius 2 is 2.54 bits per heavy atom. The summed E-state index contributed by atoms with van der Waals surface area (Å²) in [6.07, 6.45) is 2.51. The van der Waals surface area contributed by atoms with Crippen LogP contribution < -0.4 is 5.32 Å². The summed E-state index contributed by atoms with van der Waals surface area (Å²) in [6.45, 7) is 5.84. The largest absolute Gasteiger partial charge is 0.313 e. The zero-order chi connectivity index (χ0) is 9.31. The van der Waals surface area contributed by atoms with Crippen LogP contribution in [0.3, 0.4) is 0 Å². The summed E-state index contributed by atoms with van der Waals surface area (Å²) >= 11 is 1.90. The first-order valence-electron chi connectivity index (χ1n) is 5.04. The number of thiophene rings is 1. The average Bonchev–Trinajstić information content (AvgIpc) is 2.72. The molecule has 1 aromatic rings. The Labute approximate surface area is 84.2 Å². The van der Waals surface area contributed by atoms with Gasteiger partial charge in [-0.15, -0.1) is 11.3 Å². The van der Waals surface area contributed by atoms with E-state index in [1.807, 2.05) is 11.3 Å². The normalized spacial score (nSPS) is 33.8. The van der Waals surface area contributed by atoms with Gasteiger partial charge < -0.3 is 5.32 Å². The van der Waals surface area contributed by atoms with Crippen molar-refractivity contribution in [3.63, 3.8) is 0 Å². The monoisotopic (exact) mass is 195 g/mol. The van der Waals surface area contributed by atoms with Crippen molar-refractivity contribution in [1.29, 1.82) is 0 Å². The molecule has 0 spiro atoms. The Bertz CT molecular complexity index is 268. The maximum absolute atomic E-state index is 3.59. The third-order valence-electron chi connectivity index (χ3n) is 3.30. The van der Waals surface area contributed by atoms with Gasteiger partial charge in [-0.2, -0.15) is 0 Å². The van der Waals surface area contributed by atoms with Crippen LogP contribution in [0.25, 0.3) is 0 Å². The van der Waals surface area contributed by atoms with Crippen LogP contribution in [0.15, 0.2) is 17.5 Å². The minimum Gasteiger partial charge on any atom is -0.313 e. The van der Waals surface area contributed by atoms with Gasteiger partial charge in [-0.3, -0.25) is 0 Å². The second-order valence-corrected chi connectivity index (χ2v) is 5.01. The zero-order valence-electron chi connectivity index (χ0n) is 8.34. The lowest BCUT2D eigenvalue weighted by Crippen LogP contribution is -2.36. The van der Waals surface area contributed by atoms with E-state index in [4.69, 9.17) is 0 Å². The lowest BCUT2D eigenvalue weighted by Gasteiger charge is -2.29. The van der Waals surface area contributed by atoms with Crippen molar-refractivity contribution in [3.8, 4) is 0 Å². The van der Waals surface area contributed by atoms with E-state index in [0.717, 1.165) is 0 Å². The van der Waals surface area contributed by atoms with Crippen LogP contribution >= 0.6 is 11.3 Å². The van der Waals surface area contributed by atoms with E-state index >= 15 is 0 Å². The van der Waals surface area contributed by atoms with Crippen LogP contribution in [0.1, 0.15) is 31.6 Å². The van der Waals surface area contributed by atoms with E-state index < -0.39 is 0 Å². The predicted molar refractivity (Wildman–Crippen MR) is 58.4 cm³/mol. The number of nitrogens with one attached hydrogen (secondary N) is 1. The van der Waals surface area contributed by atoms with E-state index in [0.29, 0.717) is 11.5 Å². The van der Waals surface area contributed by atoms with Crippen molar-refractivity contribution < 1.29 is 0 Å². The fourth-order valence-corrected chi connectivity index (χ4v) is 3.37. The number of hydrogen-bond acceptors (Lipinski definition) is 2. The van der Waals surface area contributed by atoms with Gasteiger partial charge in [-0.25, -0.2) is 0 Å². The van der Waals surface area contributed by atoms with Crippen LogP contribution in [-0.4, -0.2) is 12.6 Å². The Morgan fingerprint density at radius 1 is 1.69 bits per heavy atom. The third-order valence-corrected chi connectivity index (χ3v) is 4.45. The first-order valence-corrected chi connectivity index (χ1v) is 5.92. The molecule has 1 N–H and O–H groups in total. The van der Waals surface area contributed by atoms with Gasteiger partial charge in [0, 0.05) is 16.3 Å². The molecule has 0 aromatic carbocycles. The molecule has 2 unspecified atom stereocenters. The molecule has 0 bridgehead atoms. The van der Waals surface area contributed by atoms with Gasteiger partial charge >= 0.3 is 0 Å². The van der Waals surface area contributed by atoms with Crippen molar-refractivity contribution in [2.45, 2.75) is 38.1 Å². The summed E-state index contributed by atoms with van der Waals surface area (Å²) in [4.78, 5) is 1.55.